The van der Waals surface area contributed by atoms with Crippen molar-refractivity contribution < 1.29 is 14.3 Å². The van der Waals surface area contributed by atoms with Crippen LogP contribution in [0.25, 0.3) is 0 Å². The molecule has 2 rings (SSSR count). The largest absolute Gasteiger partial charge is 0.475 e. The minimum atomic E-state index is -1.17. The highest BCUT2D eigenvalue weighted by Gasteiger charge is 2.14. The molecule has 2 aromatic rings. The number of aromatic nitrogens is 1. The average molecular weight is 254 g/mol. The zero-order valence-corrected chi connectivity index (χ0v) is 9.23. The molecule has 0 aromatic carbocycles. The Hall–Kier alpha value is -2.21. The number of nitrogens with zero attached hydrogens (tertiary/aromatic N) is 1. The molecule has 4 N–H and O–H groups in total. The molecule has 0 fully saturated rings. The minimum absolute atomic E-state index is 0.197. The molecule has 0 unspecified atom stereocenters. The molecule has 6 nitrogen and oxygen atoms in total. The maximum atomic E-state index is 10.8. The molecule has 0 aliphatic carbocycles. The molecule has 0 spiro atoms. The van der Waals surface area contributed by atoms with Gasteiger partial charge in [-0.05, 0) is 0 Å². The fraction of sp³-hybridized carbons (Fsp3) is 0. The van der Waals surface area contributed by atoms with Crippen molar-refractivity contribution in [3.63, 3.8) is 0 Å². The van der Waals surface area contributed by atoms with E-state index < -0.39 is 5.97 Å². The Kier molecular flexibility index (Phi) is 2.88. The number of aromatic carboxylic acids is 1. The van der Waals surface area contributed by atoms with Gasteiger partial charge >= 0.3 is 5.97 Å². The Morgan fingerprint density at radius 2 is 2.29 bits per heavy atom. The minimum Gasteiger partial charge on any atom is -0.475 e. The van der Waals surface area contributed by atoms with Crippen LogP contribution < -0.4 is 11.1 Å². The first-order valence-corrected chi connectivity index (χ1v) is 4.94. The molecule has 7 heteroatoms. The third-order valence-electron chi connectivity index (χ3n) is 2.03. The fourth-order valence-corrected chi connectivity index (χ4v) is 1.43. The number of anilines is 3. The maximum Gasteiger partial charge on any atom is 0.374 e. The van der Waals surface area contributed by atoms with Crippen molar-refractivity contribution in [3.8, 4) is 0 Å². The Balaban J connectivity index is 2.34. The van der Waals surface area contributed by atoms with Gasteiger partial charge in [0.1, 0.15) is 5.15 Å². The molecule has 17 heavy (non-hydrogen) atoms. The number of rotatable bonds is 3. The van der Waals surface area contributed by atoms with Crippen LogP contribution in [-0.4, -0.2) is 16.1 Å². The predicted molar refractivity (Wildman–Crippen MR) is 62.6 cm³/mol. The van der Waals surface area contributed by atoms with Gasteiger partial charge in [0, 0.05) is 12.1 Å². The van der Waals surface area contributed by atoms with Gasteiger partial charge < -0.3 is 20.6 Å². The molecule has 0 atom stereocenters. The summed E-state index contributed by atoms with van der Waals surface area (Å²) < 4.78 is 4.82. The summed E-state index contributed by atoms with van der Waals surface area (Å²) in [6.45, 7) is 0. The second kappa shape index (κ2) is 4.34. The standard InChI is InChI=1S/C10H8ClN3O3/c11-8-3-7(5(12)4-13-8)14-6-1-2-17-9(6)10(15)16/h1-4H,12H2,(H,13,14)(H,15,16). The van der Waals surface area contributed by atoms with Crippen LogP contribution in [0.5, 0.6) is 0 Å². The Bertz CT molecular complexity index is 568. The molecule has 0 aliphatic rings. The third kappa shape index (κ3) is 2.31. The van der Waals surface area contributed by atoms with E-state index in [2.05, 4.69) is 10.3 Å². The molecule has 88 valence electrons. The topological polar surface area (TPSA) is 101 Å². The highest BCUT2D eigenvalue weighted by molar-refractivity contribution is 6.29. The van der Waals surface area contributed by atoms with Gasteiger partial charge in [0.25, 0.3) is 0 Å². The van der Waals surface area contributed by atoms with Gasteiger partial charge in [-0.2, -0.15) is 0 Å². The summed E-state index contributed by atoms with van der Waals surface area (Å²) in [5.74, 6) is -1.37. The number of pyridine rings is 1. The SMILES string of the molecule is Nc1cnc(Cl)cc1Nc1ccoc1C(=O)O. The number of carbonyl (C=O) groups is 1. The number of nitrogen functional groups attached to an aromatic ring is 1. The summed E-state index contributed by atoms with van der Waals surface area (Å²) in [5.41, 5.74) is 6.79. The van der Waals surface area contributed by atoms with Crippen LogP contribution in [0, 0.1) is 0 Å². The lowest BCUT2D eigenvalue weighted by molar-refractivity contribution is 0.0664. The lowest BCUT2D eigenvalue weighted by Gasteiger charge is -2.07. The Morgan fingerprint density at radius 1 is 1.53 bits per heavy atom. The van der Waals surface area contributed by atoms with Crippen molar-refractivity contribution in [2.75, 3.05) is 11.1 Å². The van der Waals surface area contributed by atoms with Gasteiger partial charge in [-0.15, -0.1) is 0 Å². The molecule has 0 radical (unpaired) electrons. The van der Waals surface area contributed by atoms with Gasteiger partial charge in [-0.3, -0.25) is 0 Å². The molecular formula is C10H8ClN3O3. The highest BCUT2D eigenvalue weighted by atomic mass is 35.5. The summed E-state index contributed by atoms with van der Waals surface area (Å²) in [6.07, 6.45) is 2.65. The molecular weight excluding hydrogens is 246 g/mol. The van der Waals surface area contributed by atoms with Crippen molar-refractivity contribution in [1.29, 1.82) is 0 Å². The van der Waals surface area contributed by atoms with Crippen LogP contribution in [-0.2, 0) is 0 Å². The molecule has 0 saturated carbocycles. The van der Waals surface area contributed by atoms with E-state index in [1.807, 2.05) is 0 Å². The smallest absolute Gasteiger partial charge is 0.374 e. The van der Waals surface area contributed by atoms with Crippen molar-refractivity contribution in [1.82, 2.24) is 4.98 Å². The van der Waals surface area contributed by atoms with Crippen LogP contribution in [0.15, 0.2) is 29.0 Å². The van der Waals surface area contributed by atoms with Crippen LogP contribution >= 0.6 is 11.6 Å². The third-order valence-corrected chi connectivity index (χ3v) is 2.24. The van der Waals surface area contributed by atoms with Crippen molar-refractivity contribution in [2.45, 2.75) is 0 Å². The van der Waals surface area contributed by atoms with Gasteiger partial charge in [-0.1, -0.05) is 11.6 Å². The highest BCUT2D eigenvalue weighted by Crippen LogP contribution is 2.27. The van der Waals surface area contributed by atoms with Gasteiger partial charge in [0.2, 0.25) is 5.76 Å². The van der Waals surface area contributed by atoms with Crippen LogP contribution in [0.4, 0.5) is 17.1 Å². The fourth-order valence-electron chi connectivity index (χ4n) is 1.27. The quantitative estimate of drug-likeness (QED) is 0.726. The summed E-state index contributed by atoms with van der Waals surface area (Å²) in [4.78, 5) is 14.6. The normalized spacial score (nSPS) is 10.2. The predicted octanol–water partition coefficient (Wildman–Crippen LogP) is 2.35. The van der Waals surface area contributed by atoms with E-state index in [0.717, 1.165) is 0 Å². The van der Waals surface area contributed by atoms with Crippen LogP contribution in [0.2, 0.25) is 5.15 Å². The first-order chi connectivity index (χ1) is 8.08. The van der Waals surface area contributed by atoms with Crippen LogP contribution in [0.1, 0.15) is 10.6 Å². The zero-order chi connectivity index (χ0) is 12.4. The van der Waals surface area contributed by atoms with Crippen molar-refractivity contribution in [2.24, 2.45) is 0 Å². The zero-order valence-electron chi connectivity index (χ0n) is 8.48. The molecule has 2 aromatic heterocycles. The molecule has 0 amide bonds. The summed E-state index contributed by atoms with van der Waals surface area (Å²) in [5, 5.41) is 11.9. The van der Waals surface area contributed by atoms with E-state index in [0.29, 0.717) is 17.1 Å². The van der Waals surface area contributed by atoms with E-state index in [1.54, 1.807) is 0 Å². The molecule has 0 saturated heterocycles. The van der Waals surface area contributed by atoms with Gasteiger partial charge in [0.05, 0.1) is 29.5 Å². The Labute approximate surface area is 101 Å². The lowest BCUT2D eigenvalue weighted by Crippen LogP contribution is -2.01. The van der Waals surface area contributed by atoms with Crippen LogP contribution in [0.3, 0.4) is 0 Å². The van der Waals surface area contributed by atoms with Gasteiger partial charge in [-0.25, -0.2) is 9.78 Å². The summed E-state index contributed by atoms with van der Waals surface area (Å²) in [6, 6.07) is 2.98. The van der Waals surface area contributed by atoms with Gasteiger partial charge in [0.15, 0.2) is 0 Å². The summed E-state index contributed by atoms with van der Waals surface area (Å²) in [7, 11) is 0. The number of carboxylic acids is 1. The molecule has 0 aliphatic heterocycles. The van der Waals surface area contributed by atoms with Crippen molar-refractivity contribution >= 4 is 34.6 Å². The maximum absolute atomic E-state index is 10.8. The second-order valence-electron chi connectivity index (χ2n) is 3.19. The number of carboxylic acid groups (broad SMARTS) is 1. The average Bonchev–Trinajstić information content (AvgIpc) is 2.71. The van der Waals surface area contributed by atoms with E-state index in [9.17, 15) is 4.79 Å². The monoisotopic (exact) mass is 253 g/mol. The second-order valence-corrected chi connectivity index (χ2v) is 3.58. The van der Waals surface area contributed by atoms with Crippen molar-refractivity contribution in [3.05, 3.63) is 35.5 Å². The number of furan rings is 1. The van der Waals surface area contributed by atoms with E-state index in [4.69, 9.17) is 26.9 Å². The van der Waals surface area contributed by atoms with E-state index in [1.165, 1.54) is 24.6 Å². The lowest BCUT2D eigenvalue weighted by atomic mass is 10.3. The first-order valence-electron chi connectivity index (χ1n) is 4.57. The number of hydrogen-bond donors (Lipinski definition) is 3. The molecule has 2 heterocycles. The number of halogens is 1. The van der Waals surface area contributed by atoms with E-state index >= 15 is 0 Å². The Morgan fingerprint density at radius 3 is 3.00 bits per heavy atom. The number of nitrogens with two attached hydrogens (primary N) is 1. The summed E-state index contributed by atoms with van der Waals surface area (Å²) >= 11 is 5.71. The number of nitrogens with one attached hydrogen (secondary N) is 1. The molecule has 0 bridgehead atoms. The first kappa shape index (κ1) is 11.3. The van der Waals surface area contributed by atoms with E-state index in [-0.39, 0.29) is 10.9 Å². The number of hydrogen-bond acceptors (Lipinski definition) is 5.